The minimum absolute atomic E-state index is 0.379. The third-order valence-electron chi connectivity index (χ3n) is 3.93. The van der Waals surface area contributed by atoms with Crippen molar-refractivity contribution in [2.24, 2.45) is 0 Å². The summed E-state index contributed by atoms with van der Waals surface area (Å²) in [4.78, 5) is 6.96. The number of nitrogens with zero attached hydrogens (tertiary/aromatic N) is 4. The first kappa shape index (κ1) is 15.4. The highest BCUT2D eigenvalue weighted by molar-refractivity contribution is 4.88. The molecule has 1 aliphatic heterocycles. The van der Waals surface area contributed by atoms with Crippen molar-refractivity contribution in [1.29, 1.82) is 0 Å². The number of piperidine rings is 1. The Morgan fingerprint density at radius 2 is 2.30 bits per heavy atom. The van der Waals surface area contributed by atoms with Gasteiger partial charge in [-0.1, -0.05) is 13.3 Å². The van der Waals surface area contributed by atoms with E-state index >= 15 is 0 Å². The molecule has 1 N–H and O–H groups in total. The fourth-order valence-electron chi connectivity index (χ4n) is 2.96. The molecule has 1 saturated heterocycles. The van der Waals surface area contributed by atoms with Crippen molar-refractivity contribution in [1.82, 2.24) is 25.0 Å². The Balaban J connectivity index is 1.95. The lowest BCUT2D eigenvalue weighted by Gasteiger charge is -2.30. The van der Waals surface area contributed by atoms with Gasteiger partial charge in [-0.15, -0.1) is 0 Å². The molecule has 0 aromatic carbocycles. The number of rotatable bonds is 7. The van der Waals surface area contributed by atoms with Gasteiger partial charge < -0.3 is 5.32 Å². The minimum atomic E-state index is 0.379. The Kier molecular flexibility index (Phi) is 5.98. The van der Waals surface area contributed by atoms with Crippen molar-refractivity contribution in [3.8, 4) is 0 Å². The van der Waals surface area contributed by atoms with E-state index in [0.717, 1.165) is 25.5 Å². The van der Waals surface area contributed by atoms with Crippen LogP contribution in [0.1, 0.15) is 58.3 Å². The van der Waals surface area contributed by atoms with Crippen LogP contribution in [0.4, 0.5) is 0 Å². The first-order chi connectivity index (χ1) is 9.70. The second-order valence-corrected chi connectivity index (χ2v) is 6.10. The van der Waals surface area contributed by atoms with E-state index in [4.69, 9.17) is 0 Å². The monoisotopic (exact) mass is 279 g/mol. The van der Waals surface area contributed by atoms with Gasteiger partial charge in [-0.3, -0.25) is 4.90 Å². The van der Waals surface area contributed by atoms with Crippen LogP contribution in [0.5, 0.6) is 0 Å². The Labute approximate surface area is 122 Å². The average Bonchev–Trinajstić information content (AvgIpc) is 2.88. The lowest BCUT2D eigenvalue weighted by atomic mass is 10.0. The van der Waals surface area contributed by atoms with Crippen molar-refractivity contribution >= 4 is 0 Å². The summed E-state index contributed by atoms with van der Waals surface area (Å²) in [6.45, 7) is 10.9. The van der Waals surface area contributed by atoms with Crippen LogP contribution in [-0.4, -0.2) is 45.3 Å². The first-order valence-electron chi connectivity index (χ1n) is 8.04. The highest BCUT2D eigenvalue weighted by Crippen LogP contribution is 2.12. The maximum atomic E-state index is 4.44. The Bertz CT molecular complexity index is 381. The van der Waals surface area contributed by atoms with Gasteiger partial charge in [0.15, 0.2) is 0 Å². The molecule has 0 amide bonds. The molecule has 1 aromatic rings. The molecule has 0 bridgehead atoms. The number of hydrogen-bond acceptors (Lipinski definition) is 4. The van der Waals surface area contributed by atoms with Crippen LogP contribution in [0.15, 0.2) is 6.33 Å². The lowest BCUT2D eigenvalue weighted by Crippen LogP contribution is -2.44. The molecule has 0 spiro atoms. The van der Waals surface area contributed by atoms with Crippen molar-refractivity contribution in [3.63, 3.8) is 0 Å². The summed E-state index contributed by atoms with van der Waals surface area (Å²) < 4.78 is 2.04. The molecule has 2 heterocycles. The molecule has 20 heavy (non-hydrogen) atoms. The van der Waals surface area contributed by atoms with Gasteiger partial charge >= 0.3 is 0 Å². The molecule has 1 atom stereocenters. The van der Waals surface area contributed by atoms with E-state index in [1.165, 1.54) is 32.2 Å². The second-order valence-electron chi connectivity index (χ2n) is 6.10. The summed E-state index contributed by atoms with van der Waals surface area (Å²) in [7, 11) is 0. The normalized spacial score (nSPS) is 19.9. The second kappa shape index (κ2) is 7.74. The molecule has 1 fully saturated rings. The van der Waals surface area contributed by atoms with Crippen LogP contribution in [0.3, 0.4) is 0 Å². The molecule has 5 heteroatoms. The third kappa shape index (κ3) is 4.28. The summed E-state index contributed by atoms with van der Waals surface area (Å²) in [5.74, 6) is 1.09. The molecule has 1 aliphatic rings. The molecule has 5 nitrogen and oxygen atoms in total. The van der Waals surface area contributed by atoms with E-state index < -0.39 is 0 Å². The lowest BCUT2D eigenvalue weighted by molar-refractivity contribution is 0.208. The molecule has 0 aliphatic carbocycles. The molecular weight excluding hydrogens is 250 g/mol. The Morgan fingerprint density at radius 3 is 2.95 bits per heavy atom. The van der Waals surface area contributed by atoms with E-state index in [1.807, 2.05) is 4.68 Å². The topological polar surface area (TPSA) is 46.0 Å². The number of nitrogens with one attached hydrogen (secondary N) is 1. The van der Waals surface area contributed by atoms with Gasteiger partial charge in [-0.25, -0.2) is 9.67 Å². The molecule has 0 saturated carbocycles. The summed E-state index contributed by atoms with van der Waals surface area (Å²) in [5, 5.41) is 7.98. The van der Waals surface area contributed by atoms with E-state index in [1.54, 1.807) is 6.33 Å². The number of hydrogen-bond donors (Lipinski definition) is 1. The zero-order valence-electron chi connectivity index (χ0n) is 13.2. The van der Waals surface area contributed by atoms with Crippen LogP contribution in [0, 0.1) is 0 Å². The zero-order valence-corrected chi connectivity index (χ0v) is 13.2. The Hall–Kier alpha value is -0.940. The largest absolute Gasteiger partial charge is 0.313 e. The molecule has 0 radical (unpaired) electrons. The van der Waals surface area contributed by atoms with Crippen LogP contribution in [0.25, 0.3) is 0 Å². The van der Waals surface area contributed by atoms with Gasteiger partial charge in [-0.05, 0) is 46.2 Å². The van der Waals surface area contributed by atoms with E-state index in [2.05, 4.69) is 41.1 Å². The molecule has 1 unspecified atom stereocenters. The fraction of sp³-hybridized carbons (Fsp3) is 0.867. The van der Waals surface area contributed by atoms with Gasteiger partial charge in [0, 0.05) is 18.6 Å². The van der Waals surface area contributed by atoms with Crippen LogP contribution in [-0.2, 0) is 6.54 Å². The minimum Gasteiger partial charge on any atom is -0.313 e. The van der Waals surface area contributed by atoms with Crippen molar-refractivity contribution in [2.75, 3.05) is 19.6 Å². The summed E-state index contributed by atoms with van der Waals surface area (Å²) >= 11 is 0. The predicted octanol–water partition coefficient (Wildman–Crippen LogP) is 2.21. The molecule has 114 valence electrons. The van der Waals surface area contributed by atoms with Crippen molar-refractivity contribution < 1.29 is 0 Å². The van der Waals surface area contributed by atoms with E-state index in [0.29, 0.717) is 12.1 Å². The van der Waals surface area contributed by atoms with Gasteiger partial charge in [0.2, 0.25) is 0 Å². The molecule has 1 aromatic heterocycles. The highest BCUT2D eigenvalue weighted by Gasteiger charge is 2.18. The smallest absolute Gasteiger partial charge is 0.141 e. The van der Waals surface area contributed by atoms with E-state index in [-0.39, 0.29) is 0 Å². The van der Waals surface area contributed by atoms with Gasteiger partial charge in [0.25, 0.3) is 0 Å². The maximum Gasteiger partial charge on any atom is 0.141 e. The van der Waals surface area contributed by atoms with Crippen LogP contribution in [0.2, 0.25) is 0 Å². The van der Waals surface area contributed by atoms with Crippen LogP contribution < -0.4 is 5.32 Å². The standard InChI is InChI=1S/C15H29N5/c1-4-9-19(10-14-7-5-6-8-16-14)11-15-17-12-18-20(15)13(2)3/h12-14,16H,4-11H2,1-3H3. The highest BCUT2D eigenvalue weighted by atomic mass is 15.4. The van der Waals surface area contributed by atoms with Crippen LogP contribution >= 0.6 is 0 Å². The average molecular weight is 279 g/mol. The third-order valence-corrected chi connectivity index (χ3v) is 3.93. The fourth-order valence-corrected chi connectivity index (χ4v) is 2.96. The first-order valence-corrected chi connectivity index (χ1v) is 8.04. The van der Waals surface area contributed by atoms with E-state index in [9.17, 15) is 0 Å². The van der Waals surface area contributed by atoms with Gasteiger partial charge in [0.1, 0.15) is 12.2 Å². The SMILES string of the molecule is CCCN(Cc1ncnn1C(C)C)CC1CCCCN1. The maximum absolute atomic E-state index is 4.44. The zero-order chi connectivity index (χ0) is 14.4. The predicted molar refractivity (Wildman–Crippen MR) is 81.6 cm³/mol. The number of aromatic nitrogens is 3. The Morgan fingerprint density at radius 1 is 1.45 bits per heavy atom. The van der Waals surface area contributed by atoms with Gasteiger partial charge in [0.05, 0.1) is 6.54 Å². The van der Waals surface area contributed by atoms with Crippen molar-refractivity contribution in [3.05, 3.63) is 12.2 Å². The molecular formula is C15H29N5. The quantitative estimate of drug-likeness (QED) is 0.831. The van der Waals surface area contributed by atoms with Crippen molar-refractivity contribution in [2.45, 2.75) is 65.1 Å². The molecule has 2 rings (SSSR count). The van der Waals surface area contributed by atoms with Gasteiger partial charge in [-0.2, -0.15) is 5.10 Å². The summed E-state index contributed by atoms with van der Waals surface area (Å²) in [5.41, 5.74) is 0. The summed E-state index contributed by atoms with van der Waals surface area (Å²) in [6.07, 6.45) is 6.85. The summed E-state index contributed by atoms with van der Waals surface area (Å²) in [6, 6.07) is 1.02.